The van der Waals surface area contributed by atoms with Crippen LogP contribution in [0, 0.1) is 0 Å². The number of carbonyl (C=O) groups is 2. The third kappa shape index (κ3) is 5.89. The second-order valence-electron chi connectivity index (χ2n) is 11.3. The van der Waals surface area contributed by atoms with Crippen molar-refractivity contribution in [1.29, 1.82) is 0 Å². The summed E-state index contributed by atoms with van der Waals surface area (Å²) in [6.45, 7) is 2.79. The van der Waals surface area contributed by atoms with Crippen molar-refractivity contribution in [2.24, 2.45) is 0 Å². The number of fused-ring (bicyclic) bond motifs is 2. The molecule has 0 saturated heterocycles. The van der Waals surface area contributed by atoms with Crippen LogP contribution in [0.25, 0.3) is 16.6 Å². The Morgan fingerprint density at radius 2 is 1.51 bits per heavy atom. The Morgan fingerprint density at radius 1 is 0.830 bits per heavy atom. The van der Waals surface area contributed by atoms with Gasteiger partial charge in [0.05, 0.1) is 22.3 Å². The maximum atomic E-state index is 14.6. The number of nitrogens with zero attached hydrogens (tertiary/aromatic N) is 2. The van der Waals surface area contributed by atoms with Crippen LogP contribution < -0.4 is 19.1 Å². The number of aromatic carboxylic acids is 1. The van der Waals surface area contributed by atoms with Crippen molar-refractivity contribution in [3.05, 3.63) is 144 Å². The van der Waals surface area contributed by atoms with Gasteiger partial charge in [-0.15, -0.1) is 0 Å². The molecule has 234 valence electrons. The van der Waals surface area contributed by atoms with Crippen LogP contribution in [-0.2, 0) is 6.61 Å². The number of carboxylic acids is 1. The van der Waals surface area contributed by atoms with E-state index in [9.17, 15) is 14.7 Å². The molecule has 0 bridgehead atoms. The molecule has 0 radical (unpaired) electrons. The third-order valence-corrected chi connectivity index (χ3v) is 8.23. The van der Waals surface area contributed by atoms with E-state index >= 15 is 0 Å². The standard InChI is InChI=1S/C39H32N2O6/c1-2-29-25-46-36-22-35(32(39(43)44)21-37(36)47-29)40-23-33(31-15-9-10-16-34(31)40)38(42)41(27-13-7-4-8-14-27)28-17-19-30(20-18-28)45-24-26-11-5-3-6-12-26/h3-23,29H,2,24-25H2,1H3,(H,43,44). The Balaban J connectivity index is 1.29. The van der Waals surface area contributed by atoms with Crippen molar-refractivity contribution < 1.29 is 28.9 Å². The first-order chi connectivity index (χ1) is 23.0. The molecule has 1 N–H and O–H groups in total. The molecule has 1 aromatic heterocycles. The van der Waals surface area contributed by atoms with Crippen LogP contribution in [0.3, 0.4) is 0 Å². The van der Waals surface area contributed by atoms with Gasteiger partial charge in [0.15, 0.2) is 11.5 Å². The number of hydrogen-bond acceptors (Lipinski definition) is 5. The quantitative estimate of drug-likeness (QED) is 0.174. The highest BCUT2D eigenvalue weighted by Gasteiger charge is 2.28. The van der Waals surface area contributed by atoms with E-state index in [4.69, 9.17) is 14.2 Å². The Hall–Kier alpha value is -6.02. The summed E-state index contributed by atoms with van der Waals surface area (Å²) in [5.74, 6) is 0.143. The zero-order valence-corrected chi connectivity index (χ0v) is 25.7. The fraction of sp³-hybridized carbons (Fsp3) is 0.128. The molecule has 0 aliphatic carbocycles. The van der Waals surface area contributed by atoms with Gasteiger partial charge in [-0.1, -0.05) is 73.7 Å². The van der Waals surface area contributed by atoms with E-state index in [1.165, 1.54) is 6.07 Å². The molecule has 1 aliphatic heterocycles. The van der Waals surface area contributed by atoms with E-state index in [1.54, 1.807) is 21.7 Å². The summed E-state index contributed by atoms with van der Waals surface area (Å²) in [4.78, 5) is 28.8. The molecule has 1 unspecified atom stereocenters. The molecule has 8 nitrogen and oxygen atoms in total. The average molecular weight is 625 g/mol. The molecule has 0 saturated carbocycles. The lowest BCUT2D eigenvalue weighted by atomic mass is 10.1. The fourth-order valence-corrected chi connectivity index (χ4v) is 5.79. The number of carbonyl (C=O) groups excluding carboxylic acids is 1. The van der Waals surface area contributed by atoms with E-state index < -0.39 is 5.97 Å². The topological polar surface area (TPSA) is 90.2 Å². The molecule has 5 aromatic carbocycles. The predicted molar refractivity (Wildman–Crippen MR) is 181 cm³/mol. The highest BCUT2D eigenvalue weighted by Crippen LogP contribution is 2.39. The lowest BCUT2D eigenvalue weighted by Gasteiger charge is -2.27. The largest absolute Gasteiger partial charge is 0.489 e. The Morgan fingerprint density at radius 3 is 2.23 bits per heavy atom. The van der Waals surface area contributed by atoms with Crippen molar-refractivity contribution in [1.82, 2.24) is 4.57 Å². The Kier molecular flexibility index (Phi) is 8.06. The maximum absolute atomic E-state index is 14.6. The zero-order chi connectivity index (χ0) is 32.3. The first-order valence-electron chi connectivity index (χ1n) is 15.5. The highest BCUT2D eigenvalue weighted by molar-refractivity contribution is 6.17. The lowest BCUT2D eigenvalue weighted by Crippen LogP contribution is -2.28. The molecule has 1 amide bonds. The summed E-state index contributed by atoms with van der Waals surface area (Å²) >= 11 is 0. The normalized spacial score (nSPS) is 13.7. The second kappa shape index (κ2) is 12.8. The van der Waals surface area contributed by atoms with Crippen molar-refractivity contribution in [3.8, 4) is 22.9 Å². The molecule has 1 aliphatic rings. The number of para-hydroxylation sites is 2. The first kappa shape index (κ1) is 29.7. The van der Waals surface area contributed by atoms with Crippen molar-refractivity contribution in [2.45, 2.75) is 26.1 Å². The number of carboxylic acid groups (broad SMARTS) is 1. The number of rotatable bonds is 9. The first-order valence-corrected chi connectivity index (χ1v) is 15.5. The van der Waals surface area contributed by atoms with Gasteiger partial charge in [0.2, 0.25) is 0 Å². The summed E-state index contributed by atoms with van der Waals surface area (Å²) < 4.78 is 19.7. The molecule has 2 heterocycles. The van der Waals surface area contributed by atoms with Gasteiger partial charge in [-0.2, -0.15) is 0 Å². The smallest absolute Gasteiger partial charge is 0.337 e. The Labute approximate surface area is 272 Å². The van der Waals surface area contributed by atoms with E-state index in [-0.39, 0.29) is 17.6 Å². The van der Waals surface area contributed by atoms with E-state index in [0.717, 1.165) is 12.0 Å². The molecule has 7 rings (SSSR count). The Bertz CT molecular complexity index is 2060. The fourth-order valence-electron chi connectivity index (χ4n) is 5.79. The van der Waals surface area contributed by atoms with Crippen LogP contribution in [0.1, 0.15) is 39.6 Å². The summed E-state index contributed by atoms with van der Waals surface area (Å²) in [7, 11) is 0. The predicted octanol–water partition coefficient (Wildman–Crippen LogP) is 8.44. The van der Waals surface area contributed by atoms with E-state index in [2.05, 4.69) is 0 Å². The molecule has 47 heavy (non-hydrogen) atoms. The number of amides is 1. The van der Waals surface area contributed by atoms with E-state index in [1.807, 2.05) is 116 Å². The monoisotopic (exact) mass is 624 g/mol. The van der Waals surface area contributed by atoms with Gasteiger partial charge in [-0.05, 0) is 54.4 Å². The maximum Gasteiger partial charge on any atom is 0.337 e. The van der Waals surface area contributed by atoms with Crippen molar-refractivity contribution in [2.75, 3.05) is 11.5 Å². The minimum absolute atomic E-state index is 0.0369. The van der Waals surface area contributed by atoms with Crippen LogP contribution in [0.4, 0.5) is 11.4 Å². The number of anilines is 2. The van der Waals surface area contributed by atoms with E-state index in [0.29, 0.717) is 64.0 Å². The third-order valence-electron chi connectivity index (χ3n) is 8.23. The van der Waals surface area contributed by atoms with Gasteiger partial charge >= 0.3 is 5.97 Å². The van der Waals surface area contributed by atoms with Crippen molar-refractivity contribution >= 4 is 34.2 Å². The molecule has 8 heteroatoms. The average Bonchev–Trinajstić information content (AvgIpc) is 3.51. The molecule has 0 spiro atoms. The van der Waals surface area contributed by atoms with Crippen LogP contribution in [0.5, 0.6) is 17.2 Å². The summed E-state index contributed by atoms with van der Waals surface area (Å²) in [5.41, 5.74) is 3.89. The van der Waals surface area contributed by atoms with Gasteiger partial charge < -0.3 is 23.9 Å². The SMILES string of the molecule is CCC1COc2cc(-n3cc(C(=O)N(c4ccccc4)c4ccc(OCc5ccccc5)cc4)c4ccccc43)c(C(=O)O)cc2O1. The zero-order valence-electron chi connectivity index (χ0n) is 25.7. The lowest BCUT2D eigenvalue weighted by molar-refractivity contribution is 0.0690. The number of benzene rings is 5. The highest BCUT2D eigenvalue weighted by atomic mass is 16.6. The summed E-state index contributed by atoms with van der Waals surface area (Å²) in [6, 6.07) is 37.4. The molecular formula is C39H32N2O6. The van der Waals surface area contributed by atoms with Gasteiger partial charge in [0, 0.05) is 35.1 Å². The number of aromatic nitrogens is 1. The molecule has 1 atom stereocenters. The van der Waals surface area contributed by atoms with Crippen LogP contribution in [-0.4, -0.2) is 34.3 Å². The molecule has 0 fully saturated rings. The van der Waals surface area contributed by atoms with Crippen LogP contribution >= 0.6 is 0 Å². The summed E-state index contributed by atoms with van der Waals surface area (Å²) in [5, 5.41) is 10.9. The summed E-state index contributed by atoms with van der Waals surface area (Å²) in [6.07, 6.45) is 2.28. The number of ether oxygens (including phenoxy) is 3. The van der Waals surface area contributed by atoms with Crippen LogP contribution in [0.15, 0.2) is 128 Å². The minimum Gasteiger partial charge on any atom is -0.489 e. The molecular weight excluding hydrogens is 592 g/mol. The van der Waals surface area contributed by atoms with Gasteiger partial charge in [0.1, 0.15) is 25.1 Å². The van der Waals surface area contributed by atoms with Gasteiger partial charge in [0.25, 0.3) is 5.91 Å². The van der Waals surface area contributed by atoms with Gasteiger partial charge in [-0.25, -0.2) is 4.79 Å². The second-order valence-corrected chi connectivity index (χ2v) is 11.3. The van der Waals surface area contributed by atoms with Gasteiger partial charge in [-0.3, -0.25) is 9.69 Å². The van der Waals surface area contributed by atoms with Crippen LogP contribution in [0.2, 0.25) is 0 Å². The molecule has 6 aromatic rings. The number of hydrogen-bond donors (Lipinski definition) is 1. The minimum atomic E-state index is -1.11. The van der Waals surface area contributed by atoms with Crippen molar-refractivity contribution in [3.63, 3.8) is 0 Å².